The number of nitrogens with one attached hydrogen (secondary N) is 1. The third-order valence-electron chi connectivity index (χ3n) is 4.34. The summed E-state index contributed by atoms with van der Waals surface area (Å²) in [6.07, 6.45) is -0.430. The van der Waals surface area contributed by atoms with E-state index < -0.39 is 10.9 Å². The fourth-order valence-electron chi connectivity index (χ4n) is 2.90. The van der Waals surface area contributed by atoms with Crippen molar-refractivity contribution < 1.29 is 9.90 Å². The van der Waals surface area contributed by atoms with E-state index in [1.54, 1.807) is 12.1 Å². The predicted octanol–water partition coefficient (Wildman–Crippen LogP) is 2.17. The Balaban J connectivity index is 1.56. The van der Waals surface area contributed by atoms with Gasteiger partial charge in [-0.2, -0.15) is 5.10 Å². The first kappa shape index (κ1) is 18.9. The van der Waals surface area contributed by atoms with Gasteiger partial charge in [0.05, 0.1) is 24.3 Å². The molecule has 1 aliphatic rings. The molecule has 2 N–H and O–H groups in total. The molecular weight excluding hydrogens is 375 g/mol. The van der Waals surface area contributed by atoms with Crippen LogP contribution in [0.4, 0.5) is 5.82 Å². The van der Waals surface area contributed by atoms with E-state index in [2.05, 4.69) is 15.5 Å². The maximum absolute atomic E-state index is 12.3. The van der Waals surface area contributed by atoms with Crippen LogP contribution >= 0.6 is 23.2 Å². The molecule has 0 unspecified atom stereocenters. The van der Waals surface area contributed by atoms with Gasteiger partial charge in [-0.1, -0.05) is 24.3 Å². The summed E-state index contributed by atoms with van der Waals surface area (Å²) in [7, 11) is 0. The molecule has 8 heteroatoms. The summed E-state index contributed by atoms with van der Waals surface area (Å²) in [5.41, 5.74) is 2.48. The molecule has 2 aromatic rings. The number of rotatable bonds is 5. The van der Waals surface area contributed by atoms with Crippen LogP contribution in [-0.2, 0) is 11.2 Å². The van der Waals surface area contributed by atoms with Crippen LogP contribution in [0.5, 0.6) is 0 Å². The molecule has 0 radical (unpaired) electrons. The lowest BCUT2D eigenvalue weighted by atomic mass is 10.1. The first-order valence-electron chi connectivity index (χ1n) is 8.32. The average Bonchev–Trinajstić information content (AvgIpc) is 2.96. The smallest absolute Gasteiger partial charge is 0.224 e. The van der Waals surface area contributed by atoms with Crippen LogP contribution < -0.4 is 10.2 Å². The van der Waals surface area contributed by atoms with Crippen molar-refractivity contribution in [2.24, 2.45) is 0 Å². The van der Waals surface area contributed by atoms with Crippen LogP contribution in [0.15, 0.2) is 36.4 Å². The molecule has 26 heavy (non-hydrogen) atoms. The Hall–Kier alpha value is -1.89. The zero-order chi connectivity index (χ0) is 18.7. The molecule has 1 amide bonds. The first-order chi connectivity index (χ1) is 12.4. The normalized spacial score (nSPS) is 19.8. The summed E-state index contributed by atoms with van der Waals surface area (Å²) < 4.78 is 0. The predicted molar refractivity (Wildman–Crippen MR) is 102 cm³/mol. The van der Waals surface area contributed by atoms with Crippen molar-refractivity contribution in [3.8, 4) is 0 Å². The molecule has 6 nitrogen and oxygen atoms in total. The minimum atomic E-state index is -0.655. The van der Waals surface area contributed by atoms with Crippen LogP contribution in [-0.4, -0.2) is 46.4 Å². The summed E-state index contributed by atoms with van der Waals surface area (Å²) >= 11 is 11.6. The van der Waals surface area contributed by atoms with Crippen molar-refractivity contribution in [2.45, 2.75) is 30.3 Å². The molecule has 1 fully saturated rings. The van der Waals surface area contributed by atoms with Crippen LogP contribution in [0, 0.1) is 6.92 Å². The second-order valence-corrected chi connectivity index (χ2v) is 7.49. The van der Waals surface area contributed by atoms with Crippen molar-refractivity contribution in [1.82, 2.24) is 15.5 Å². The van der Waals surface area contributed by atoms with E-state index in [4.69, 9.17) is 23.2 Å². The Labute approximate surface area is 162 Å². The highest BCUT2D eigenvalue weighted by atomic mass is 35.5. The molecule has 0 saturated carbocycles. The molecule has 3 rings (SSSR count). The Bertz CT molecular complexity index is 753. The SMILES string of the molecule is Cc1ccc(N2C[C@H](O)[C@H](NC(=O)Cc3ccc(C(Cl)Cl)cc3)C2)nn1. The number of carbonyl (C=O) groups excluding carboxylic acids is 1. The number of halogens is 2. The van der Waals surface area contributed by atoms with Gasteiger partial charge >= 0.3 is 0 Å². The fraction of sp³-hybridized carbons (Fsp3) is 0.389. The number of aliphatic hydroxyl groups is 1. The molecule has 1 aliphatic heterocycles. The number of aliphatic hydroxyl groups excluding tert-OH is 1. The summed E-state index contributed by atoms with van der Waals surface area (Å²) in [5, 5.41) is 21.3. The molecule has 1 saturated heterocycles. The number of hydrogen-bond donors (Lipinski definition) is 2. The van der Waals surface area contributed by atoms with E-state index in [9.17, 15) is 9.90 Å². The second-order valence-electron chi connectivity index (χ2n) is 6.40. The maximum atomic E-state index is 12.3. The van der Waals surface area contributed by atoms with Gasteiger partial charge in [-0.25, -0.2) is 0 Å². The highest BCUT2D eigenvalue weighted by Crippen LogP contribution is 2.24. The second kappa shape index (κ2) is 8.20. The molecule has 1 aromatic carbocycles. The van der Waals surface area contributed by atoms with Crippen molar-refractivity contribution in [3.63, 3.8) is 0 Å². The maximum Gasteiger partial charge on any atom is 0.224 e. The molecular formula is C18H20Cl2N4O2. The van der Waals surface area contributed by atoms with Crippen molar-refractivity contribution in [3.05, 3.63) is 53.2 Å². The number of carbonyl (C=O) groups is 1. The number of β-amino-alcohol motifs (C(OH)–C–C–N with tert-alkyl or cyclic N) is 1. The third-order valence-corrected chi connectivity index (χ3v) is 4.84. The molecule has 2 heterocycles. The number of hydrogen-bond acceptors (Lipinski definition) is 5. The average molecular weight is 395 g/mol. The van der Waals surface area contributed by atoms with Gasteiger partial charge in [0, 0.05) is 13.1 Å². The van der Waals surface area contributed by atoms with Gasteiger partial charge in [0.2, 0.25) is 5.91 Å². The van der Waals surface area contributed by atoms with Crippen LogP contribution in [0.1, 0.15) is 21.7 Å². The van der Waals surface area contributed by atoms with Crippen molar-refractivity contribution >= 4 is 34.9 Å². The van der Waals surface area contributed by atoms with Gasteiger partial charge in [0.15, 0.2) is 5.82 Å². The summed E-state index contributed by atoms with van der Waals surface area (Å²) in [6, 6.07) is 10.6. The number of nitrogens with zero attached hydrogens (tertiary/aromatic N) is 3. The minimum Gasteiger partial charge on any atom is -0.389 e. The van der Waals surface area contributed by atoms with Gasteiger partial charge in [0.1, 0.15) is 4.84 Å². The van der Waals surface area contributed by atoms with Gasteiger partial charge in [-0.3, -0.25) is 4.79 Å². The monoisotopic (exact) mass is 394 g/mol. The lowest BCUT2D eigenvalue weighted by Crippen LogP contribution is -2.43. The van der Waals surface area contributed by atoms with E-state index in [0.29, 0.717) is 18.9 Å². The van der Waals surface area contributed by atoms with Crippen LogP contribution in [0.2, 0.25) is 0 Å². The van der Waals surface area contributed by atoms with Crippen molar-refractivity contribution in [1.29, 1.82) is 0 Å². The molecule has 138 valence electrons. The van der Waals surface area contributed by atoms with Crippen LogP contribution in [0.25, 0.3) is 0 Å². The fourth-order valence-corrected chi connectivity index (χ4v) is 3.19. The lowest BCUT2D eigenvalue weighted by Gasteiger charge is -2.17. The number of amides is 1. The van der Waals surface area contributed by atoms with E-state index in [1.165, 1.54) is 0 Å². The van der Waals surface area contributed by atoms with E-state index in [0.717, 1.165) is 16.8 Å². The Morgan fingerprint density at radius 3 is 2.58 bits per heavy atom. The highest BCUT2D eigenvalue weighted by molar-refractivity contribution is 6.44. The van der Waals surface area contributed by atoms with Gasteiger partial charge in [-0.15, -0.1) is 28.3 Å². The van der Waals surface area contributed by atoms with E-state index in [1.807, 2.05) is 36.1 Å². The summed E-state index contributed by atoms with van der Waals surface area (Å²) in [5.74, 6) is 0.547. The molecule has 0 aliphatic carbocycles. The zero-order valence-corrected chi connectivity index (χ0v) is 15.8. The Morgan fingerprint density at radius 1 is 1.23 bits per heavy atom. The molecule has 0 spiro atoms. The first-order valence-corrected chi connectivity index (χ1v) is 9.19. The topological polar surface area (TPSA) is 78.4 Å². The van der Waals surface area contributed by atoms with Gasteiger partial charge < -0.3 is 15.3 Å². The van der Waals surface area contributed by atoms with E-state index >= 15 is 0 Å². The summed E-state index contributed by atoms with van der Waals surface area (Å²) in [4.78, 5) is 13.6. The number of aryl methyl sites for hydroxylation is 1. The molecule has 1 aromatic heterocycles. The van der Waals surface area contributed by atoms with Crippen molar-refractivity contribution in [2.75, 3.05) is 18.0 Å². The number of benzene rings is 1. The quantitative estimate of drug-likeness (QED) is 0.759. The minimum absolute atomic E-state index is 0.146. The summed E-state index contributed by atoms with van der Waals surface area (Å²) in [6.45, 7) is 2.76. The lowest BCUT2D eigenvalue weighted by molar-refractivity contribution is -0.121. The number of alkyl halides is 2. The third kappa shape index (κ3) is 4.63. The van der Waals surface area contributed by atoms with Gasteiger partial charge in [-0.05, 0) is 30.2 Å². The molecule has 0 bridgehead atoms. The number of anilines is 1. The largest absolute Gasteiger partial charge is 0.389 e. The van der Waals surface area contributed by atoms with Gasteiger partial charge in [0.25, 0.3) is 0 Å². The Kier molecular flexibility index (Phi) is 5.96. The van der Waals surface area contributed by atoms with E-state index in [-0.39, 0.29) is 18.4 Å². The Morgan fingerprint density at radius 2 is 1.96 bits per heavy atom. The van der Waals surface area contributed by atoms with Crippen LogP contribution in [0.3, 0.4) is 0 Å². The molecule has 2 atom stereocenters. The zero-order valence-electron chi connectivity index (χ0n) is 14.3. The highest BCUT2D eigenvalue weighted by Gasteiger charge is 2.33. The standard InChI is InChI=1S/C18H20Cl2N4O2/c1-11-2-7-16(23-22-11)24-9-14(15(25)10-24)21-17(26)8-12-3-5-13(6-4-12)18(19)20/h2-7,14-15,18,25H,8-10H2,1H3,(H,21,26)/t14-,15+/m1/s1. The number of aromatic nitrogens is 2.